The minimum atomic E-state index is -0.599. The molecule has 1 N–H and O–H groups in total. The quantitative estimate of drug-likeness (QED) is 0.304. The molecule has 0 saturated heterocycles. The van der Waals surface area contributed by atoms with E-state index in [2.05, 4.69) is 22.2 Å². The van der Waals surface area contributed by atoms with E-state index in [0.29, 0.717) is 23.7 Å². The number of nitrogens with zero attached hydrogens (tertiary/aromatic N) is 3. The summed E-state index contributed by atoms with van der Waals surface area (Å²) in [4.78, 5) is 30.2. The number of carbonyl (C=O) groups is 1. The lowest BCUT2D eigenvalue weighted by Crippen LogP contribution is -2.11. The van der Waals surface area contributed by atoms with Gasteiger partial charge in [0.1, 0.15) is 10.7 Å². The third-order valence-electron chi connectivity index (χ3n) is 4.15. The van der Waals surface area contributed by atoms with Crippen LogP contribution in [-0.2, 0) is 4.79 Å². The predicted molar refractivity (Wildman–Crippen MR) is 108 cm³/mol. The molecular formula is C20H26N4O4. The number of rotatable bonds is 12. The zero-order valence-corrected chi connectivity index (χ0v) is 16.1. The van der Waals surface area contributed by atoms with E-state index < -0.39 is 4.92 Å². The summed E-state index contributed by atoms with van der Waals surface area (Å²) >= 11 is 0. The zero-order valence-electron chi connectivity index (χ0n) is 16.1. The summed E-state index contributed by atoms with van der Waals surface area (Å²) in [6, 6.07) is 2.78. The highest BCUT2D eigenvalue weighted by atomic mass is 16.6. The maximum absolute atomic E-state index is 12.0. The van der Waals surface area contributed by atoms with E-state index in [1.807, 2.05) is 0 Å². The highest BCUT2D eigenvalue weighted by Gasteiger charge is 2.10. The largest absolute Gasteiger partial charge is 0.433 e. The fourth-order valence-electron chi connectivity index (χ4n) is 2.64. The predicted octanol–water partition coefficient (Wildman–Crippen LogP) is 5.23. The smallest absolute Gasteiger partial charge is 0.401 e. The molecule has 0 aliphatic carbocycles. The second-order valence-corrected chi connectivity index (χ2v) is 6.52. The molecule has 2 rings (SSSR count). The van der Waals surface area contributed by atoms with Gasteiger partial charge in [-0.25, -0.2) is 9.97 Å². The van der Waals surface area contributed by atoms with Crippen LogP contribution in [0.3, 0.4) is 0 Å². The number of hydrogen-bond acceptors (Lipinski definition) is 6. The van der Waals surface area contributed by atoms with Gasteiger partial charge in [0.05, 0.1) is 24.1 Å². The van der Waals surface area contributed by atoms with Crippen LogP contribution in [0.15, 0.2) is 28.9 Å². The van der Waals surface area contributed by atoms with Crippen molar-refractivity contribution in [2.75, 3.05) is 5.32 Å². The number of carbonyl (C=O) groups excluding carboxylic acids is 1. The van der Waals surface area contributed by atoms with Crippen molar-refractivity contribution in [1.82, 2.24) is 9.97 Å². The summed E-state index contributed by atoms with van der Waals surface area (Å²) in [6.07, 6.45) is 14.8. The van der Waals surface area contributed by atoms with Crippen molar-refractivity contribution in [1.29, 1.82) is 0 Å². The van der Waals surface area contributed by atoms with E-state index in [1.165, 1.54) is 56.6 Å². The second-order valence-electron chi connectivity index (χ2n) is 6.52. The average molecular weight is 386 g/mol. The Labute approximate surface area is 164 Å². The Balaban J connectivity index is 1.72. The summed E-state index contributed by atoms with van der Waals surface area (Å²) in [5, 5.41) is 13.4. The molecule has 0 saturated carbocycles. The average Bonchev–Trinajstić information content (AvgIpc) is 3.16. The number of nitrogens with one attached hydrogen (secondary N) is 1. The maximum Gasteiger partial charge on any atom is 0.433 e. The summed E-state index contributed by atoms with van der Waals surface area (Å²) in [7, 11) is 0. The third-order valence-corrected chi connectivity index (χ3v) is 4.15. The van der Waals surface area contributed by atoms with Crippen LogP contribution in [0.25, 0.3) is 12.2 Å². The SMILES string of the molecule is CCCCCCCCCC(=O)Nc1cnc(/C=C/c2ccc([N+](=O)[O-])o2)nc1. The second kappa shape index (κ2) is 11.6. The summed E-state index contributed by atoms with van der Waals surface area (Å²) in [6.45, 7) is 2.20. The molecule has 0 aromatic carbocycles. The molecule has 2 heterocycles. The molecular weight excluding hydrogens is 360 g/mol. The molecule has 1 amide bonds. The molecule has 0 fully saturated rings. The fourth-order valence-corrected chi connectivity index (χ4v) is 2.64. The van der Waals surface area contributed by atoms with Crippen molar-refractivity contribution in [3.63, 3.8) is 0 Å². The first-order valence-corrected chi connectivity index (χ1v) is 9.62. The monoisotopic (exact) mass is 386 g/mol. The van der Waals surface area contributed by atoms with Crippen LogP contribution in [0.2, 0.25) is 0 Å². The van der Waals surface area contributed by atoms with Crippen LogP contribution in [-0.4, -0.2) is 20.8 Å². The molecule has 28 heavy (non-hydrogen) atoms. The lowest BCUT2D eigenvalue weighted by molar-refractivity contribution is -0.402. The number of furan rings is 1. The Morgan fingerprint density at radius 1 is 1.11 bits per heavy atom. The van der Waals surface area contributed by atoms with E-state index in [0.717, 1.165) is 12.8 Å². The van der Waals surface area contributed by atoms with Gasteiger partial charge in [-0.15, -0.1) is 0 Å². The Hall–Kier alpha value is -3.03. The first kappa shape index (κ1) is 21.3. The van der Waals surface area contributed by atoms with Crippen LogP contribution >= 0.6 is 0 Å². The zero-order chi connectivity index (χ0) is 20.2. The normalized spacial score (nSPS) is 11.0. The molecule has 8 heteroatoms. The lowest BCUT2D eigenvalue weighted by Gasteiger charge is -2.05. The molecule has 0 radical (unpaired) electrons. The van der Waals surface area contributed by atoms with Gasteiger partial charge in [0.15, 0.2) is 5.82 Å². The molecule has 2 aromatic rings. The van der Waals surface area contributed by atoms with Gasteiger partial charge >= 0.3 is 5.88 Å². The molecule has 0 aliphatic heterocycles. The minimum absolute atomic E-state index is 0.0386. The van der Waals surface area contributed by atoms with Crippen molar-refractivity contribution in [2.24, 2.45) is 0 Å². The Morgan fingerprint density at radius 3 is 2.43 bits per heavy atom. The number of nitro groups is 1. The van der Waals surface area contributed by atoms with Gasteiger partial charge in [-0.1, -0.05) is 45.4 Å². The highest BCUT2D eigenvalue weighted by Crippen LogP contribution is 2.17. The van der Waals surface area contributed by atoms with Crippen LogP contribution in [0.1, 0.15) is 69.9 Å². The Morgan fingerprint density at radius 2 is 1.79 bits per heavy atom. The standard InChI is InChI=1S/C20H26N4O4/c1-2-3-4-5-6-7-8-9-19(25)23-16-14-21-18(22-15-16)12-10-17-11-13-20(28-17)24(26)27/h10-15H,2-9H2,1H3,(H,23,25)/b12-10+. The molecule has 0 bridgehead atoms. The van der Waals surface area contributed by atoms with E-state index in [1.54, 1.807) is 12.2 Å². The van der Waals surface area contributed by atoms with Gasteiger partial charge in [0.2, 0.25) is 5.91 Å². The lowest BCUT2D eigenvalue weighted by atomic mass is 10.1. The van der Waals surface area contributed by atoms with Crippen molar-refractivity contribution in [3.05, 3.63) is 46.2 Å². The number of unbranched alkanes of at least 4 members (excludes halogenated alkanes) is 6. The van der Waals surface area contributed by atoms with Gasteiger partial charge in [0, 0.05) is 6.42 Å². The van der Waals surface area contributed by atoms with E-state index in [9.17, 15) is 14.9 Å². The minimum Gasteiger partial charge on any atom is -0.401 e. The molecule has 0 atom stereocenters. The number of aromatic nitrogens is 2. The van der Waals surface area contributed by atoms with Gasteiger partial charge in [-0.05, 0) is 24.6 Å². The topological polar surface area (TPSA) is 111 Å². The van der Waals surface area contributed by atoms with Crippen LogP contribution in [0.5, 0.6) is 0 Å². The molecule has 150 valence electrons. The van der Waals surface area contributed by atoms with Crippen LogP contribution in [0.4, 0.5) is 11.6 Å². The molecule has 2 aromatic heterocycles. The van der Waals surface area contributed by atoms with Crippen LogP contribution < -0.4 is 5.32 Å². The van der Waals surface area contributed by atoms with Gasteiger partial charge in [-0.3, -0.25) is 14.9 Å². The molecule has 0 aliphatic rings. The van der Waals surface area contributed by atoms with Gasteiger partial charge in [0.25, 0.3) is 0 Å². The molecule has 0 spiro atoms. The highest BCUT2D eigenvalue weighted by molar-refractivity contribution is 5.90. The molecule has 0 unspecified atom stereocenters. The molecule has 8 nitrogen and oxygen atoms in total. The summed E-state index contributed by atoms with van der Waals surface area (Å²) in [5.41, 5.74) is 0.540. The van der Waals surface area contributed by atoms with Crippen LogP contribution in [0, 0.1) is 10.1 Å². The maximum atomic E-state index is 12.0. The van der Waals surface area contributed by atoms with E-state index in [4.69, 9.17) is 4.42 Å². The van der Waals surface area contributed by atoms with E-state index in [-0.39, 0.29) is 11.8 Å². The van der Waals surface area contributed by atoms with Gasteiger partial charge in [-0.2, -0.15) is 0 Å². The van der Waals surface area contributed by atoms with E-state index >= 15 is 0 Å². The number of anilines is 1. The Bertz CT molecular complexity index is 784. The van der Waals surface area contributed by atoms with Crippen molar-refractivity contribution >= 4 is 29.6 Å². The first-order valence-electron chi connectivity index (χ1n) is 9.62. The summed E-state index contributed by atoms with van der Waals surface area (Å²) in [5.74, 6) is 0.384. The van der Waals surface area contributed by atoms with Crippen molar-refractivity contribution in [3.8, 4) is 0 Å². The number of amides is 1. The van der Waals surface area contributed by atoms with Crippen molar-refractivity contribution < 1.29 is 14.1 Å². The number of hydrogen-bond donors (Lipinski definition) is 1. The third kappa shape index (κ3) is 7.69. The Kier molecular flexibility index (Phi) is 8.84. The first-order chi connectivity index (χ1) is 13.6. The van der Waals surface area contributed by atoms with Gasteiger partial charge < -0.3 is 9.73 Å². The summed E-state index contributed by atoms with van der Waals surface area (Å²) < 4.78 is 5.02. The van der Waals surface area contributed by atoms with Crippen molar-refractivity contribution in [2.45, 2.75) is 58.3 Å². The fraction of sp³-hybridized carbons (Fsp3) is 0.450.